The molecule has 0 radical (unpaired) electrons. The van der Waals surface area contributed by atoms with Crippen LogP contribution in [0.4, 0.5) is 14.5 Å². The van der Waals surface area contributed by atoms with Crippen molar-refractivity contribution >= 4 is 17.5 Å². The van der Waals surface area contributed by atoms with E-state index in [9.17, 15) is 18.4 Å². The highest BCUT2D eigenvalue weighted by Gasteiger charge is 2.49. The second kappa shape index (κ2) is 8.14. The van der Waals surface area contributed by atoms with Gasteiger partial charge in [-0.05, 0) is 55.7 Å². The fourth-order valence-corrected chi connectivity index (χ4v) is 4.26. The molecule has 2 amide bonds. The lowest BCUT2D eigenvalue weighted by Gasteiger charge is -2.52. The van der Waals surface area contributed by atoms with Gasteiger partial charge in [-0.15, -0.1) is 0 Å². The number of anilines is 1. The number of likely N-dealkylation sites (tertiary alicyclic amines) is 1. The smallest absolute Gasteiger partial charge is 0.253 e. The summed E-state index contributed by atoms with van der Waals surface area (Å²) in [6, 6.07) is 11.8. The van der Waals surface area contributed by atoms with Crippen molar-refractivity contribution in [2.45, 2.75) is 37.8 Å². The van der Waals surface area contributed by atoms with Gasteiger partial charge in [0.2, 0.25) is 5.91 Å². The summed E-state index contributed by atoms with van der Waals surface area (Å²) in [5.41, 5.74) is 0.503. The highest BCUT2D eigenvalue weighted by molar-refractivity contribution is 5.96. The highest BCUT2D eigenvalue weighted by atomic mass is 19.1. The van der Waals surface area contributed by atoms with Gasteiger partial charge in [0.05, 0.1) is 11.6 Å². The second-order valence-corrected chi connectivity index (χ2v) is 8.04. The molecule has 2 saturated heterocycles. The molecular formula is C23H24F2N2O3. The summed E-state index contributed by atoms with van der Waals surface area (Å²) in [5.74, 6) is -0.997. The minimum atomic E-state index is -0.593. The topological polar surface area (TPSA) is 49.9 Å². The van der Waals surface area contributed by atoms with Crippen LogP contribution in [0.25, 0.3) is 0 Å². The third kappa shape index (κ3) is 3.94. The molecule has 2 aliphatic heterocycles. The van der Waals surface area contributed by atoms with E-state index in [2.05, 4.69) is 0 Å². The van der Waals surface area contributed by atoms with Crippen LogP contribution < -0.4 is 4.90 Å². The van der Waals surface area contributed by atoms with Crippen molar-refractivity contribution in [1.29, 1.82) is 0 Å². The molecule has 2 atom stereocenters. The zero-order chi connectivity index (χ0) is 21.3. The van der Waals surface area contributed by atoms with Crippen LogP contribution in [0, 0.1) is 11.6 Å². The van der Waals surface area contributed by atoms with Crippen LogP contribution in [0.3, 0.4) is 0 Å². The maximum atomic E-state index is 13.9. The molecule has 7 heteroatoms. The van der Waals surface area contributed by atoms with E-state index in [0.29, 0.717) is 37.2 Å². The maximum absolute atomic E-state index is 13.9. The molecule has 30 heavy (non-hydrogen) atoms. The lowest BCUT2D eigenvalue weighted by atomic mass is 9.85. The van der Waals surface area contributed by atoms with Crippen LogP contribution in [0.5, 0.6) is 0 Å². The van der Waals surface area contributed by atoms with Gasteiger partial charge in [-0.3, -0.25) is 9.59 Å². The number of piperidine rings is 1. The summed E-state index contributed by atoms with van der Waals surface area (Å²) in [4.78, 5) is 28.8. The van der Waals surface area contributed by atoms with Gasteiger partial charge in [0.25, 0.3) is 5.91 Å². The standard InChI is InChI=1S/C23H24F2N2O3/c1-23-12-13-26(21(28)11-6-16-4-2-3-5-19(16)25)14-20(23)27(22(29)15-30-23)18-9-7-17(24)8-10-18/h2-5,7-10,20H,6,11-15H2,1H3/t20-,23-/m1/s1. The monoisotopic (exact) mass is 414 g/mol. The molecule has 0 spiro atoms. The van der Waals surface area contributed by atoms with Gasteiger partial charge < -0.3 is 14.5 Å². The number of hydrogen-bond donors (Lipinski definition) is 0. The van der Waals surface area contributed by atoms with Gasteiger partial charge >= 0.3 is 0 Å². The number of rotatable bonds is 4. The average molecular weight is 414 g/mol. The molecule has 0 saturated carbocycles. The van der Waals surface area contributed by atoms with E-state index in [4.69, 9.17) is 4.74 Å². The molecule has 2 aromatic rings. The third-order valence-corrected chi connectivity index (χ3v) is 6.11. The van der Waals surface area contributed by atoms with Gasteiger partial charge in [-0.25, -0.2) is 8.78 Å². The number of carbonyl (C=O) groups is 2. The molecule has 0 N–H and O–H groups in total. The summed E-state index contributed by atoms with van der Waals surface area (Å²) in [7, 11) is 0. The number of carbonyl (C=O) groups excluding carboxylic acids is 2. The number of ether oxygens (including phenoxy) is 1. The lowest BCUT2D eigenvalue weighted by Crippen LogP contribution is -2.68. The Morgan fingerprint density at radius 2 is 1.90 bits per heavy atom. The molecule has 0 aliphatic carbocycles. The van der Waals surface area contributed by atoms with Crippen molar-refractivity contribution in [3.05, 3.63) is 65.7 Å². The Morgan fingerprint density at radius 3 is 2.63 bits per heavy atom. The minimum absolute atomic E-state index is 0.0500. The van der Waals surface area contributed by atoms with Crippen LogP contribution >= 0.6 is 0 Å². The summed E-state index contributed by atoms with van der Waals surface area (Å²) in [6.07, 6.45) is 1.09. The summed E-state index contributed by atoms with van der Waals surface area (Å²) in [6.45, 7) is 2.72. The molecule has 158 valence electrons. The molecular weight excluding hydrogens is 390 g/mol. The highest BCUT2D eigenvalue weighted by Crippen LogP contribution is 2.36. The summed E-state index contributed by atoms with van der Waals surface area (Å²) in [5, 5.41) is 0. The molecule has 2 fully saturated rings. The zero-order valence-corrected chi connectivity index (χ0v) is 16.8. The molecule has 0 aromatic heterocycles. The normalized spacial score (nSPS) is 24.0. The molecule has 4 rings (SSSR count). The first-order valence-corrected chi connectivity index (χ1v) is 10.1. The van der Waals surface area contributed by atoms with Crippen molar-refractivity contribution in [2.24, 2.45) is 0 Å². The van der Waals surface area contributed by atoms with E-state index in [-0.39, 0.29) is 42.5 Å². The van der Waals surface area contributed by atoms with E-state index in [1.165, 1.54) is 18.2 Å². The SMILES string of the molecule is C[C@@]12CCN(C(=O)CCc3ccccc3F)C[C@H]1N(c1ccc(F)cc1)C(=O)CO2. The molecule has 5 nitrogen and oxygen atoms in total. The summed E-state index contributed by atoms with van der Waals surface area (Å²) >= 11 is 0. The number of aryl methyl sites for hydroxylation is 1. The van der Waals surface area contributed by atoms with Crippen LogP contribution in [0.15, 0.2) is 48.5 Å². The largest absolute Gasteiger partial charge is 0.363 e. The number of hydrogen-bond acceptors (Lipinski definition) is 3. The van der Waals surface area contributed by atoms with E-state index >= 15 is 0 Å². The lowest BCUT2D eigenvalue weighted by molar-refractivity contribution is -0.156. The molecule has 2 aromatic carbocycles. The Labute approximate surface area is 174 Å². The van der Waals surface area contributed by atoms with Crippen molar-refractivity contribution in [3.8, 4) is 0 Å². The first-order chi connectivity index (χ1) is 14.4. The Bertz CT molecular complexity index is 950. The van der Waals surface area contributed by atoms with Gasteiger partial charge in [0.1, 0.15) is 18.2 Å². The number of morpholine rings is 1. The van der Waals surface area contributed by atoms with Crippen molar-refractivity contribution < 1.29 is 23.1 Å². The van der Waals surface area contributed by atoms with Gasteiger partial charge in [-0.2, -0.15) is 0 Å². The molecule has 2 heterocycles. The number of fused-ring (bicyclic) bond motifs is 1. The Hall–Kier alpha value is -2.80. The minimum Gasteiger partial charge on any atom is -0.363 e. The zero-order valence-electron chi connectivity index (χ0n) is 16.8. The first-order valence-electron chi connectivity index (χ1n) is 10.1. The van der Waals surface area contributed by atoms with E-state index < -0.39 is 5.60 Å². The Morgan fingerprint density at radius 1 is 1.17 bits per heavy atom. The van der Waals surface area contributed by atoms with Crippen molar-refractivity contribution in [2.75, 3.05) is 24.6 Å². The van der Waals surface area contributed by atoms with Crippen molar-refractivity contribution in [3.63, 3.8) is 0 Å². The van der Waals surface area contributed by atoms with Crippen LogP contribution in [-0.2, 0) is 20.7 Å². The van der Waals surface area contributed by atoms with E-state index in [1.807, 2.05) is 6.92 Å². The van der Waals surface area contributed by atoms with Gasteiger partial charge in [-0.1, -0.05) is 18.2 Å². The quantitative estimate of drug-likeness (QED) is 0.771. The van der Waals surface area contributed by atoms with Gasteiger partial charge in [0.15, 0.2) is 0 Å². The first kappa shape index (κ1) is 20.5. The predicted octanol–water partition coefficient (Wildman–Crippen LogP) is 3.32. The molecule has 0 bridgehead atoms. The molecule has 2 aliphatic rings. The fraction of sp³-hybridized carbons (Fsp3) is 0.391. The number of amides is 2. The summed E-state index contributed by atoms with van der Waals surface area (Å²) < 4.78 is 33.1. The average Bonchev–Trinajstić information content (AvgIpc) is 2.74. The maximum Gasteiger partial charge on any atom is 0.253 e. The van der Waals surface area contributed by atoms with Crippen LogP contribution in [0.1, 0.15) is 25.3 Å². The Kier molecular flexibility index (Phi) is 5.56. The van der Waals surface area contributed by atoms with Crippen LogP contribution in [-0.4, -0.2) is 48.1 Å². The Balaban J connectivity index is 1.51. The number of halogens is 2. The third-order valence-electron chi connectivity index (χ3n) is 6.11. The van der Waals surface area contributed by atoms with Crippen molar-refractivity contribution in [1.82, 2.24) is 4.90 Å². The van der Waals surface area contributed by atoms with E-state index in [1.54, 1.807) is 40.1 Å². The fourth-order valence-electron chi connectivity index (χ4n) is 4.26. The number of nitrogens with zero attached hydrogens (tertiary/aromatic N) is 2. The number of benzene rings is 2. The second-order valence-electron chi connectivity index (χ2n) is 8.04. The molecule has 0 unspecified atom stereocenters. The predicted molar refractivity (Wildman–Crippen MR) is 108 cm³/mol. The van der Waals surface area contributed by atoms with Crippen LogP contribution in [0.2, 0.25) is 0 Å². The van der Waals surface area contributed by atoms with E-state index in [0.717, 1.165) is 0 Å². The van der Waals surface area contributed by atoms with Gasteiger partial charge in [0, 0.05) is 25.2 Å².